The van der Waals surface area contributed by atoms with Gasteiger partial charge in [-0.3, -0.25) is 9.59 Å². The summed E-state index contributed by atoms with van der Waals surface area (Å²) in [5, 5.41) is 5.91. The van der Waals surface area contributed by atoms with Gasteiger partial charge < -0.3 is 10.6 Å². The van der Waals surface area contributed by atoms with E-state index < -0.39 is 0 Å². The molecule has 1 saturated carbocycles. The minimum atomic E-state index is -0.0601. The molecule has 1 aliphatic carbocycles. The van der Waals surface area contributed by atoms with Crippen LogP contribution in [0.1, 0.15) is 43.2 Å². The first kappa shape index (κ1) is 18.2. The third kappa shape index (κ3) is 4.94. The average molecular weight is 350 g/mol. The molecule has 0 radical (unpaired) electrons. The van der Waals surface area contributed by atoms with E-state index in [-0.39, 0.29) is 17.7 Å². The van der Waals surface area contributed by atoms with Gasteiger partial charge in [0.05, 0.1) is 6.42 Å². The van der Waals surface area contributed by atoms with E-state index in [4.69, 9.17) is 0 Å². The van der Waals surface area contributed by atoms with Crippen LogP contribution in [0.4, 0.5) is 11.4 Å². The molecular formula is C22H26N2O2. The lowest BCUT2D eigenvalue weighted by atomic mass is 9.88. The molecule has 0 heterocycles. The molecule has 2 aromatic rings. The van der Waals surface area contributed by atoms with Crippen LogP contribution < -0.4 is 10.6 Å². The van der Waals surface area contributed by atoms with Crippen molar-refractivity contribution in [2.45, 2.75) is 45.4 Å². The molecule has 0 aromatic heterocycles. The highest BCUT2D eigenvalue weighted by atomic mass is 16.2. The summed E-state index contributed by atoms with van der Waals surface area (Å²) in [5.41, 5.74) is 3.56. The van der Waals surface area contributed by atoms with Crippen LogP contribution in [0.15, 0.2) is 48.5 Å². The summed E-state index contributed by atoms with van der Waals surface area (Å²) in [6.07, 6.45) is 5.77. The van der Waals surface area contributed by atoms with Gasteiger partial charge in [0.1, 0.15) is 0 Å². The minimum Gasteiger partial charge on any atom is -0.326 e. The highest BCUT2D eigenvalue weighted by molar-refractivity contribution is 5.95. The maximum absolute atomic E-state index is 12.4. The molecule has 0 spiro atoms. The number of anilines is 2. The number of nitrogens with one attached hydrogen (secondary N) is 2. The van der Waals surface area contributed by atoms with Gasteiger partial charge in [0.2, 0.25) is 11.8 Å². The van der Waals surface area contributed by atoms with Crippen LogP contribution in [0.3, 0.4) is 0 Å². The number of rotatable bonds is 5. The zero-order valence-corrected chi connectivity index (χ0v) is 15.3. The van der Waals surface area contributed by atoms with Crippen LogP contribution in [0.2, 0.25) is 0 Å². The van der Waals surface area contributed by atoms with Gasteiger partial charge in [-0.2, -0.15) is 0 Å². The van der Waals surface area contributed by atoms with E-state index in [9.17, 15) is 9.59 Å². The Morgan fingerprint density at radius 2 is 1.62 bits per heavy atom. The quantitative estimate of drug-likeness (QED) is 0.821. The minimum absolute atomic E-state index is 0.0601. The van der Waals surface area contributed by atoms with Crippen LogP contribution in [0.25, 0.3) is 0 Å². The van der Waals surface area contributed by atoms with Crippen molar-refractivity contribution in [3.05, 3.63) is 59.7 Å². The second-order valence-corrected chi connectivity index (χ2v) is 7.06. The smallest absolute Gasteiger partial charge is 0.228 e. The standard InChI is InChI=1S/C22H26N2O2/c1-16-8-5-6-11-18(16)14-21(25)23-19-12-7-13-20(15-19)24-22(26)17-9-3-2-4-10-17/h5-8,11-13,15,17H,2-4,9-10,14H2,1H3,(H,23,25)(H,24,26). The largest absolute Gasteiger partial charge is 0.326 e. The average Bonchev–Trinajstić information content (AvgIpc) is 2.64. The fourth-order valence-electron chi connectivity index (χ4n) is 3.47. The Kier molecular flexibility index (Phi) is 6.05. The summed E-state index contributed by atoms with van der Waals surface area (Å²) in [5.74, 6) is 0.145. The van der Waals surface area contributed by atoms with Gasteiger partial charge in [-0.05, 0) is 49.1 Å². The summed E-state index contributed by atoms with van der Waals surface area (Å²) in [7, 11) is 0. The van der Waals surface area contributed by atoms with Crippen LogP contribution in [-0.4, -0.2) is 11.8 Å². The lowest BCUT2D eigenvalue weighted by Gasteiger charge is -2.20. The van der Waals surface area contributed by atoms with Crippen molar-refractivity contribution >= 4 is 23.2 Å². The zero-order chi connectivity index (χ0) is 18.4. The SMILES string of the molecule is Cc1ccccc1CC(=O)Nc1cccc(NC(=O)C2CCCCC2)c1. The molecule has 2 amide bonds. The molecule has 0 bridgehead atoms. The van der Waals surface area contributed by atoms with Gasteiger partial charge in [-0.25, -0.2) is 0 Å². The molecule has 2 N–H and O–H groups in total. The van der Waals surface area contributed by atoms with Gasteiger partial charge in [0, 0.05) is 17.3 Å². The molecule has 136 valence electrons. The predicted molar refractivity (Wildman–Crippen MR) is 105 cm³/mol. The lowest BCUT2D eigenvalue weighted by molar-refractivity contribution is -0.120. The third-order valence-electron chi connectivity index (χ3n) is 5.00. The molecular weight excluding hydrogens is 324 g/mol. The molecule has 0 atom stereocenters. The Hall–Kier alpha value is -2.62. The first-order chi connectivity index (χ1) is 12.6. The summed E-state index contributed by atoms with van der Waals surface area (Å²) >= 11 is 0. The summed E-state index contributed by atoms with van der Waals surface area (Å²) in [6.45, 7) is 2.00. The monoisotopic (exact) mass is 350 g/mol. The lowest BCUT2D eigenvalue weighted by Crippen LogP contribution is -2.24. The second kappa shape index (κ2) is 8.65. The number of carbonyl (C=O) groups is 2. The topological polar surface area (TPSA) is 58.2 Å². The second-order valence-electron chi connectivity index (χ2n) is 7.06. The van der Waals surface area contributed by atoms with Crippen molar-refractivity contribution in [1.29, 1.82) is 0 Å². The summed E-state index contributed by atoms with van der Waals surface area (Å²) in [4.78, 5) is 24.7. The number of benzene rings is 2. The van der Waals surface area contributed by atoms with Gasteiger partial charge in [-0.1, -0.05) is 49.6 Å². The Bertz CT molecular complexity index is 779. The summed E-state index contributed by atoms with van der Waals surface area (Å²) < 4.78 is 0. The highest BCUT2D eigenvalue weighted by Crippen LogP contribution is 2.25. The van der Waals surface area contributed by atoms with E-state index in [1.165, 1.54) is 6.42 Å². The van der Waals surface area contributed by atoms with Crippen molar-refractivity contribution in [1.82, 2.24) is 0 Å². The Balaban J connectivity index is 1.59. The molecule has 4 heteroatoms. The van der Waals surface area contributed by atoms with E-state index in [1.54, 1.807) is 0 Å². The molecule has 0 saturated heterocycles. The van der Waals surface area contributed by atoms with E-state index in [0.717, 1.165) is 42.5 Å². The Labute approximate surface area is 155 Å². The van der Waals surface area contributed by atoms with Gasteiger partial charge in [-0.15, -0.1) is 0 Å². The molecule has 1 fully saturated rings. The van der Waals surface area contributed by atoms with Gasteiger partial charge >= 0.3 is 0 Å². The van der Waals surface area contributed by atoms with Crippen molar-refractivity contribution in [3.63, 3.8) is 0 Å². The van der Waals surface area contributed by atoms with E-state index in [1.807, 2.05) is 55.5 Å². The molecule has 0 aliphatic heterocycles. The Morgan fingerprint density at radius 1 is 0.923 bits per heavy atom. The first-order valence-electron chi connectivity index (χ1n) is 9.37. The number of amides is 2. The van der Waals surface area contributed by atoms with Crippen molar-refractivity contribution in [3.8, 4) is 0 Å². The number of carbonyl (C=O) groups excluding carboxylic acids is 2. The van der Waals surface area contributed by atoms with E-state index in [2.05, 4.69) is 10.6 Å². The number of hydrogen-bond donors (Lipinski definition) is 2. The fourth-order valence-corrected chi connectivity index (χ4v) is 3.47. The van der Waals surface area contributed by atoms with Gasteiger partial charge in [0.25, 0.3) is 0 Å². The number of aryl methyl sites for hydroxylation is 1. The molecule has 4 nitrogen and oxygen atoms in total. The van der Waals surface area contributed by atoms with Crippen LogP contribution in [0.5, 0.6) is 0 Å². The van der Waals surface area contributed by atoms with Crippen LogP contribution in [0, 0.1) is 12.8 Å². The molecule has 1 aliphatic rings. The molecule has 0 unspecified atom stereocenters. The maximum atomic E-state index is 12.4. The van der Waals surface area contributed by atoms with E-state index >= 15 is 0 Å². The van der Waals surface area contributed by atoms with Crippen molar-refractivity contribution < 1.29 is 9.59 Å². The molecule has 3 rings (SSSR count). The van der Waals surface area contributed by atoms with Crippen molar-refractivity contribution in [2.75, 3.05) is 10.6 Å². The normalized spacial score (nSPS) is 14.7. The predicted octanol–water partition coefficient (Wildman–Crippen LogP) is 4.70. The number of hydrogen-bond acceptors (Lipinski definition) is 2. The fraction of sp³-hybridized carbons (Fsp3) is 0.364. The van der Waals surface area contributed by atoms with Gasteiger partial charge in [0.15, 0.2) is 0 Å². The zero-order valence-electron chi connectivity index (χ0n) is 15.3. The van der Waals surface area contributed by atoms with Crippen LogP contribution in [-0.2, 0) is 16.0 Å². The Morgan fingerprint density at radius 3 is 2.35 bits per heavy atom. The highest BCUT2D eigenvalue weighted by Gasteiger charge is 2.21. The van der Waals surface area contributed by atoms with Crippen molar-refractivity contribution in [2.24, 2.45) is 5.92 Å². The van der Waals surface area contributed by atoms with E-state index in [0.29, 0.717) is 12.1 Å². The summed E-state index contributed by atoms with van der Waals surface area (Å²) in [6, 6.07) is 15.2. The van der Waals surface area contributed by atoms with Crippen LogP contribution >= 0.6 is 0 Å². The molecule has 26 heavy (non-hydrogen) atoms. The first-order valence-corrected chi connectivity index (χ1v) is 9.37. The third-order valence-corrected chi connectivity index (χ3v) is 5.00. The molecule has 2 aromatic carbocycles. The maximum Gasteiger partial charge on any atom is 0.228 e.